The van der Waals surface area contributed by atoms with Gasteiger partial charge in [-0.1, -0.05) is 19.1 Å². The van der Waals surface area contributed by atoms with Gasteiger partial charge in [-0.3, -0.25) is 0 Å². The lowest BCUT2D eigenvalue weighted by atomic mass is 10.0. The van der Waals surface area contributed by atoms with Gasteiger partial charge in [0.15, 0.2) is 0 Å². The first kappa shape index (κ1) is 14.5. The lowest BCUT2D eigenvalue weighted by Crippen LogP contribution is -2.27. The molecule has 19 heavy (non-hydrogen) atoms. The van der Waals surface area contributed by atoms with Crippen LogP contribution in [0.25, 0.3) is 0 Å². The molecule has 1 N–H and O–H groups in total. The van der Waals surface area contributed by atoms with Crippen molar-refractivity contribution in [3.63, 3.8) is 0 Å². The molecule has 0 aromatic heterocycles. The van der Waals surface area contributed by atoms with Gasteiger partial charge in [-0.05, 0) is 69.6 Å². The van der Waals surface area contributed by atoms with Crippen LogP contribution in [-0.2, 0) is 0 Å². The summed E-state index contributed by atoms with van der Waals surface area (Å²) in [4.78, 5) is 2.53. The minimum Gasteiger partial charge on any atom is -0.310 e. The largest absolute Gasteiger partial charge is 0.310 e. The van der Waals surface area contributed by atoms with E-state index in [1.54, 1.807) is 12.1 Å². The van der Waals surface area contributed by atoms with Gasteiger partial charge in [0, 0.05) is 6.04 Å². The molecule has 1 atom stereocenters. The molecular formula is C16H25FN2. The van der Waals surface area contributed by atoms with E-state index in [-0.39, 0.29) is 11.9 Å². The van der Waals surface area contributed by atoms with E-state index in [1.165, 1.54) is 45.0 Å². The summed E-state index contributed by atoms with van der Waals surface area (Å²) in [7, 11) is 0. The average molecular weight is 264 g/mol. The summed E-state index contributed by atoms with van der Waals surface area (Å²) < 4.78 is 13.2. The number of halogens is 1. The van der Waals surface area contributed by atoms with Gasteiger partial charge >= 0.3 is 0 Å². The lowest BCUT2D eigenvalue weighted by molar-refractivity contribution is 0.327. The summed E-state index contributed by atoms with van der Waals surface area (Å²) in [5.41, 5.74) is 1.06. The maximum atomic E-state index is 13.2. The molecule has 0 amide bonds. The Morgan fingerprint density at radius 3 is 2.79 bits per heavy atom. The highest BCUT2D eigenvalue weighted by Gasteiger charge is 2.12. The molecule has 1 fully saturated rings. The Morgan fingerprint density at radius 1 is 1.32 bits per heavy atom. The highest BCUT2D eigenvalue weighted by atomic mass is 19.1. The van der Waals surface area contributed by atoms with Crippen molar-refractivity contribution in [2.45, 2.75) is 38.6 Å². The first-order valence-electron chi connectivity index (χ1n) is 7.51. The van der Waals surface area contributed by atoms with Crippen molar-refractivity contribution in [2.75, 3.05) is 26.2 Å². The van der Waals surface area contributed by atoms with E-state index in [1.807, 2.05) is 6.07 Å². The van der Waals surface area contributed by atoms with E-state index in [2.05, 4.69) is 17.1 Å². The standard InChI is InChI=1S/C16H25FN2/c1-2-16(14-7-5-8-15(17)13-14)18-9-6-12-19-10-3-4-11-19/h5,7-8,13,16,18H,2-4,6,9-12H2,1H3. The number of benzene rings is 1. The number of hydrogen-bond acceptors (Lipinski definition) is 2. The van der Waals surface area contributed by atoms with Crippen molar-refractivity contribution >= 4 is 0 Å². The summed E-state index contributed by atoms with van der Waals surface area (Å²) in [6.07, 6.45) is 4.88. The van der Waals surface area contributed by atoms with Gasteiger partial charge in [0.2, 0.25) is 0 Å². The Balaban J connectivity index is 1.73. The molecule has 0 spiro atoms. The zero-order valence-corrected chi connectivity index (χ0v) is 11.9. The van der Waals surface area contributed by atoms with Crippen LogP contribution in [0.1, 0.15) is 44.2 Å². The van der Waals surface area contributed by atoms with Crippen molar-refractivity contribution < 1.29 is 4.39 Å². The Kier molecular flexibility index (Phi) is 5.80. The third-order valence-corrected chi connectivity index (χ3v) is 3.90. The molecule has 0 aliphatic carbocycles. The van der Waals surface area contributed by atoms with Crippen LogP contribution in [0.5, 0.6) is 0 Å². The molecule has 2 nitrogen and oxygen atoms in total. The molecule has 1 heterocycles. The molecule has 1 aromatic carbocycles. The lowest BCUT2D eigenvalue weighted by Gasteiger charge is -2.19. The second-order valence-corrected chi connectivity index (χ2v) is 5.37. The molecule has 1 aromatic rings. The number of likely N-dealkylation sites (tertiary alicyclic amines) is 1. The summed E-state index contributed by atoms with van der Waals surface area (Å²) in [6.45, 7) is 6.86. The third kappa shape index (κ3) is 4.59. The highest BCUT2D eigenvalue weighted by molar-refractivity contribution is 5.19. The number of rotatable bonds is 7. The van der Waals surface area contributed by atoms with Crippen LogP contribution in [0.3, 0.4) is 0 Å². The summed E-state index contributed by atoms with van der Waals surface area (Å²) in [5, 5.41) is 3.54. The Bertz CT molecular complexity index is 375. The van der Waals surface area contributed by atoms with Gasteiger partial charge in [-0.25, -0.2) is 4.39 Å². The van der Waals surface area contributed by atoms with Crippen molar-refractivity contribution in [3.8, 4) is 0 Å². The highest BCUT2D eigenvalue weighted by Crippen LogP contribution is 2.17. The minimum atomic E-state index is -0.144. The molecular weight excluding hydrogens is 239 g/mol. The van der Waals surface area contributed by atoms with Gasteiger partial charge in [0.05, 0.1) is 0 Å². The second-order valence-electron chi connectivity index (χ2n) is 5.37. The molecule has 0 saturated carbocycles. The minimum absolute atomic E-state index is 0.144. The molecule has 106 valence electrons. The summed E-state index contributed by atoms with van der Waals surface area (Å²) >= 11 is 0. The van der Waals surface area contributed by atoms with Gasteiger partial charge in [0.1, 0.15) is 5.82 Å². The van der Waals surface area contributed by atoms with Crippen LogP contribution < -0.4 is 5.32 Å². The van der Waals surface area contributed by atoms with E-state index in [4.69, 9.17) is 0 Å². The average Bonchev–Trinajstić information content (AvgIpc) is 2.92. The van der Waals surface area contributed by atoms with E-state index in [0.717, 1.165) is 18.5 Å². The van der Waals surface area contributed by atoms with Crippen molar-refractivity contribution in [2.24, 2.45) is 0 Å². The smallest absolute Gasteiger partial charge is 0.123 e. The Labute approximate surface area is 116 Å². The molecule has 1 saturated heterocycles. The number of hydrogen-bond donors (Lipinski definition) is 1. The van der Waals surface area contributed by atoms with Crippen LogP contribution in [0.15, 0.2) is 24.3 Å². The zero-order valence-electron chi connectivity index (χ0n) is 11.9. The van der Waals surface area contributed by atoms with Gasteiger partial charge in [0.25, 0.3) is 0 Å². The molecule has 1 unspecified atom stereocenters. The zero-order chi connectivity index (χ0) is 13.5. The quantitative estimate of drug-likeness (QED) is 0.760. The van der Waals surface area contributed by atoms with Crippen LogP contribution in [0.4, 0.5) is 4.39 Å². The van der Waals surface area contributed by atoms with Crippen LogP contribution in [0.2, 0.25) is 0 Å². The summed E-state index contributed by atoms with van der Waals surface area (Å²) in [6, 6.07) is 7.21. The number of nitrogens with one attached hydrogen (secondary N) is 1. The third-order valence-electron chi connectivity index (χ3n) is 3.90. The van der Waals surface area contributed by atoms with Gasteiger partial charge in [-0.2, -0.15) is 0 Å². The van der Waals surface area contributed by atoms with Gasteiger partial charge in [-0.15, -0.1) is 0 Å². The van der Waals surface area contributed by atoms with E-state index < -0.39 is 0 Å². The topological polar surface area (TPSA) is 15.3 Å². The second kappa shape index (κ2) is 7.61. The number of nitrogens with zero attached hydrogens (tertiary/aromatic N) is 1. The summed E-state index contributed by atoms with van der Waals surface area (Å²) in [5.74, 6) is -0.144. The molecule has 0 bridgehead atoms. The van der Waals surface area contributed by atoms with E-state index in [9.17, 15) is 4.39 Å². The normalized spacial score (nSPS) is 17.8. The molecule has 0 radical (unpaired) electrons. The van der Waals surface area contributed by atoms with Crippen molar-refractivity contribution in [3.05, 3.63) is 35.6 Å². The maximum absolute atomic E-state index is 13.2. The van der Waals surface area contributed by atoms with E-state index >= 15 is 0 Å². The van der Waals surface area contributed by atoms with Crippen molar-refractivity contribution in [1.29, 1.82) is 0 Å². The van der Waals surface area contributed by atoms with E-state index in [0.29, 0.717) is 0 Å². The van der Waals surface area contributed by atoms with Crippen LogP contribution >= 0.6 is 0 Å². The molecule has 2 rings (SSSR count). The SMILES string of the molecule is CCC(NCCCN1CCCC1)c1cccc(F)c1. The fourth-order valence-corrected chi connectivity index (χ4v) is 2.81. The van der Waals surface area contributed by atoms with Crippen molar-refractivity contribution in [1.82, 2.24) is 10.2 Å². The fraction of sp³-hybridized carbons (Fsp3) is 0.625. The first-order valence-corrected chi connectivity index (χ1v) is 7.51. The maximum Gasteiger partial charge on any atom is 0.123 e. The fourth-order valence-electron chi connectivity index (χ4n) is 2.81. The molecule has 1 aliphatic heterocycles. The Morgan fingerprint density at radius 2 is 2.11 bits per heavy atom. The first-order chi connectivity index (χ1) is 9.29. The Hall–Kier alpha value is -0.930. The van der Waals surface area contributed by atoms with Gasteiger partial charge < -0.3 is 10.2 Å². The molecule has 3 heteroatoms. The van der Waals surface area contributed by atoms with Crippen LogP contribution in [-0.4, -0.2) is 31.1 Å². The predicted molar refractivity (Wildman–Crippen MR) is 77.7 cm³/mol. The predicted octanol–water partition coefficient (Wildman–Crippen LogP) is 3.35. The monoisotopic (exact) mass is 264 g/mol. The van der Waals surface area contributed by atoms with Crippen LogP contribution in [0, 0.1) is 5.82 Å². The molecule has 1 aliphatic rings.